The lowest BCUT2D eigenvalue weighted by molar-refractivity contribution is -0.145. The van der Waals surface area contributed by atoms with Gasteiger partial charge in [-0.3, -0.25) is 14.6 Å². The molecule has 2 atom stereocenters. The van der Waals surface area contributed by atoms with Crippen molar-refractivity contribution < 1.29 is 23.8 Å². The summed E-state index contributed by atoms with van der Waals surface area (Å²) in [6, 6.07) is 23.8. The van der Waals surface area contributed by atoms with Crippen molar-refractivity contribution in [3.05, 3.63) is 117 Å². The van der Waals surface area contributed by atoms with E-state index in [1.54, 1.807) is 0 Å². The summed E-state index contributed by atoms with van der Waals surface area (Å²) < 4.78 is 16.7. The molecule has 3 aromatic carbocycles. The van der Waals surface area contributed by atoms with Crippen molar-refractivity contribution in [2.45, 2.75) is 82.6 Å². The number of nitrogens with zero attached hydrogens (tertiary/aromatic N) is 1. The first-order chi connectivity index (χ1) is 23.8. The zero-order valence-corrected chi connectivity index (χ0v) is 29.3. The van der Waals surface area contributed by atoms with E-state index >= 15 is 0 Å². The molecule has 1 aromatic heterocycles. The van der Waals surface area contributed by atoms with Gasteiger partial charge in [0.2, 0.25) is 0 Å². The Morgan fingerprint density at radius 3 is 2.45 bits per heavy atom. The van der Waals surface area contributed by atoms with Gasteiger partial charge in [-0.15, -0.1) is 0 Å². The number of nitrogens with one attached hydrogen (secondary N) is 1. The van der Waals surface area contributed by atoms with Gasteiger partial charge in [-0.05, 0) is 103 Å². The van der Waals surface area contributed by atoms with Crippen molar-refractivity contribution in [2.24, 2.45) is 5.92 Å². The fourth-order valence-electron chi connectivity index (χ4n) is 6.32. The molecular weight excluding hydrogens is 659 g/mol. The van der Waals surface area contributed by atoms with Crippen LogP contribution in [0.25, 0.3) is 11.1 Å². The number of rotatable bonds is 17. The average Bonchev–Trinajstić information content (AvgIpc) is 4.07. The van der Waals surface area contributed by atoms with Gasteiger partial charge >= 0.3 is 11.9 Å². The molecule has 1 heterocycles. The third kappa shape index (κ3) is 9.21. The highest BCUT2D eigenvalue weighted by molar-refractivity contribution is 6.34. The van der Waals surface area contributed by atoms with Gasteiger partial charge < -0.3 is 19.5 Å². The van der Waals surface area contributed by atoms with Gasteiger partial charge in [0, 0.05) is 52.9 Å². The molecule has 2 aliphatic rings. The van der Waals surface area contributed by atoms with Crippen LogP contribution in [0.5, 0.6) is 5.75 Å². The van der Waals surface area contributed by atoms with Gasteiger partial charge in [-0.2, -0.15) is 0 Å². The maximum absolute atomic E-state index is 12.4. The average molecular weight is 702 g/mol. The van der Waals surface area contributed by atoms with Crippen LogP contribution in [0.2, 0.25) is 10.0 Å². The van der Waals surface area contributed by atoms with Gasteiger partial charge in [0.25, 0.3) is 0 Å². The number of methoxy groups -OCH3 is 1. The van der Waals surface area contributed by atoms with E-state index in [0.717, 1.165) is 84.1 Å². The molecule has 7 nitrogen and oxygen atoms in total. The SMILES string of the molecule is COC(=O)CCCCc1cc(Cl)c(CNC2(c3cnccc3-c3ccccc3OC3CC3CCC(=O)OCc3ccccc3)CC2)cc1Cl. The molecule has 256 valence electrons. The predicted molar refractivity (Wildman–Crippen MR) is 191 cm³/mol. The number of ether oxygens (including phenoxy) is 3. The van der Waals surface area contributed by atoms with Crippen molar-refractivity contribution in [1.29, 1.82) is 0 Å². The highest BCUT2D eigenvalue weighted by Crippen LogP contribution is 2.50. The van der Waals surface area contributed by atoms with E-state index in [9.17, 15) is 9.59 Å². The first kappa shape index (κ1) is 34.9. The lowest BCUT2D eigenvalue weighted by Gasteiger charge is -2.23. The predicted octanol–water partition coefficient (Wildman–Crippen LogP) is 9.01. The fraction of sp³-hybridized carbons (Fsp3) is 0.375. The largest absolute Gasteiger partial charge is 0.489 e. The maximum atomic E-state index is 12.4. The van der Waals surface area contributed by atoms with E-state index in [2.05, 4.69) is 22.4 Å². The van der Waals surface area contributed by atoms with Crippen LogP contribution in [0.4, 0.5) is 0 Å². The van der Waals surface area contributed by atoms with Crippen LogP contribution >= 0.6 is 23.2 Å². The van der Waals surface area contributed by atoms with Crippen molar-refractivity contribution in [2.75, 3.05) is 7.11 Å². The highest BCUT2D eigenvalue weighted by Gasteiger charge is 2.46. The Bertz CT molecular complexity index is 1760. The Morgan fingerprint density at radius 1 is 0.898 bits per heavy atom. The Morgan fingerprint density at radius 2 is 1.65 bits per heavy atom. The topological polar surface area (TPSA) is 86.8 Å². The van der Waals surface area contributed by atoms with Crippen LogP contribution in [-0.2, 0) is 44.2 Å². The summed E-state index contributed by atoms with van der Waals surface area (Å²) in [6.45, 7) is 0.862. The van der Waals surface area contributed by atoms with E-state index in [1.165, 1.54) is 7.11 Å². The molecule has 0 radical (unpaired) electrons. The molecule has 0 amide bonds. The second-order valence-electron chi connectivity index (χ2n) is 13.0. The second kappa shape index (κ2) is 16.2. The summed E-state index contributed by atoms with van der Waals surface area (Å²) in [5.41, 5.74) is 5.91. The molecule has 6 rings (SSSR count). The maximum Gasteiger partial charge on any atom is 0.306 e. The van der Waals surface area contributed by atoms with Crippen LogP contribution in [-0.4, -0.2) is 30.1 Å². The number of unbranched alkanes of at least 4 members (excludes halogenated alkanes) is 1. The van der Waals surface area contributed by atoms with E-state index < -0.39 is 0 Å². The molecule has 2 aliphatic carbocycles. The lowest BCUT2D eigenvalue weighted by atomic mass is 9.94. The monoisotopic (exact) mass is 700 g/mol. The Hall–Kier alpha value is -3.91. The van der Waals surface area contributed by atoms with Crippen molar-refractivity contribution in [1.82, 2.24) is 10.3 Å². The molecule has 9 heteroatoms. The lowest BCUT2D eigenvalue weighted by Crippen LogP contribution is -2.29. The van der Waals surface area contributed by atoms with Crippen LogP contribution < -0.4 is 10.1 Å². The number of aryl methyl sites for hydroxylation is 1. The minimum absolute atomic E-state index is 0.0732. The fourth-order valence-corrected chi connectivity index (χ4v) is 6.85. The number of carbonyl (C=O) groups is 2. The third-order valence-corrected chi connectivity index (χ3v) is 10.2. The minimum Gasteiger partial charge on any atom is -0.489 e. The molecule has 2 unspecified atom stereocenters. The first-order valence-electron chi connectivity index (χ1n) is 17.0. The van der Waals surface area contributed by atoms with E-state index in [-0.39, 0.29) is 23.6 Å². The number of hydrogen-bond acceptors (Lipinski definition) is 7. The van der Waals surface area contributed by atoms with Gasteiger partial charge in [0.15, 0.2) is 0 Å². The standard InChI is InChI=1S/C40H42Cl2N2O5/c1-47-38(45)14-8-5-11-28-21-35(42)30(22-34(28)41)24-44-40(18-19-40)33-25-43-20-17-31(33)32-12-6-7-13-36(32)49-37-23-29(37)15-16-39(46)48-26-27-9-3-2-4-10-27/h2-4,6-7,9-10,12-13,17,20-22,25,29,37,44H,5,8,11,14-16,18-19,23-24,26H2,1H3. The third-order valence-electron chi connectivity index (χ3n) is 9.50. The molecule has 0 saturated heterocycles. The second-order valence-corrected chi connectivity index (χ2v) is 13.8. The van der Waals surface area contributed by atoms with Gasteiger partial charge in [-0.1, -0.05) is 71.7 Å². The molecular formula is C40H42Cl2N2O5. The zero-order chi connectivity index (χ0) is 34.2. The Balaban J connectivity index is 1.06. The van der Waals surface area contributed by atoms with E-state index in [4.69, 9.17) is 37.4 Å². The Kier molecular flexibility index (Phi) is 11.5. The summed E-state index contributed by atoms with van der Waals surface area (Å²) >= 11 is 13.4. The number of hydrogen-bond donors (Lipinski definition) is 1. The van der Waals surface area contributed by atoms with Crippen molar-refractivity contribution in [3.63, 3.8) is 0 Å². The number of benzene rings is 3. The number of para-hydroxylation sites is 1. The van der Waals surface area contributed by atoms with Crippen molar-refractivity contribution in [3.8, 4) is 16.9 Å². The Labute approximate surface area is 298 Å². The summed E-state index contributed by atoms with van der Waals surface area (Å²) in [5.74, 6) is 0.788. The highest BCUT2D eigenvalue weighted by atomic mass is 35.5. The minimum atomic E-state index is -0.235. The summed E-state index contributed by atoms with van der Waals surface area (Å²) in [7, 11) is 1.41. The summed E-state index contributed by atoms with van der Waals surface area (Å²) in [4.78, 5) is 28.3. The molecule has 2 fully saturated rings. The molecule has 0 aliphatic heterocycles. The van der Waals surface area contributed by atoms with Crippen molar-refractivity contribution >= 4 is 35.1 Å². The normalized spacial score (nSPS) is 17.3. The van der Waals surface area contributed by atoms with Crippen LogP contribution in [0.3, 0.4) is 0 Å². The van der Waals surface area contributed by atoms with Crippen LogP contribution in [0.15, 0.2) is 85.2 Å². The number of esters is 2. The van der Waals surface area contributed by atoms with Gasteiger partial charge in [0.1, 0.15) is 18.5 Å². The number of halogens is 2. The first-order valence-corrected chi connectivity index (χ1v) is 17.8. The molecule has 1 N–H and O–H groups in total. The van der Waals surface area contributed by atoms with Crippen LogP contribution in [0.1, 0.15) is 73.6 Å². The molecule has 4 aromatic rings. The summed E-state index contributed by atoms with van der Waals surface area (Å²) in [6.07, 6.45) is 10.6. The molecule has 0 bridgehead atoms. The molecule has 2 saturated carbocycles. The molecule has 49 heavy (non-hydrogen) atoms. The summed E-state index contributed by atoms with van der Waals surface area (Å²) in [5, 5.41) is 5.13. The van der Waals surface area contributed by atoms with Crippen LogP contribution in [0, 0.1) is 5.92 Å². The van der Waals surface area contributed by atoms with E-state index in [0.29, 0.717) is 42.0 Å². The van der Waals surface area contributed by atoms with Gasteiger partial charge in [0.05, 0.1) is 7.11 Å². The molecule has 0 spiro atoms. The number of pyridine rings is 1. The quantitative estimate of drug-likeness (QED) is 0.0869. The van der Waals surface area contributed by atoms with E-state index in [1.807, 2.05) is 73.1 Å². The smallest absolute Gasteiger partial charge is 0.306 e. The van der Waals surface area contributed by atoms with Gasteiger partial charge in [-0.25, -0.2) is 0 Å². The number of carbonyl (C=O) groups excluding carboxylic acids is 2. The zero-order valence-electron chi connectivity index (χ0n) is 27.8. The number of aromatic nitrogens is 1.